The Balaban J connectivity index is 2.36. The summed E-state index contributed by atoms with van der Waals surface area (Å²) in [6, 6.07) is -0.548. The highest BCUT2D eigenvalue weighted by Gasteiger charge is 2.25. The quantitative estimate of drug-likeness (QED) is 0.702. The van der Waals surface area contributed by atoms with Crippen LogP contribution in [0.15, 0.2) is 0 Å². The molecule has 0 aliphatic carbocycles. The second-order valence-corrected chi connectivity index (χ2v) is 3.99. The number of piperidine rings is 1. The maximum atomic E-state index is 11.8. The number of likely N-dealkylation sites (tertiary alicyclic amines) is 1. The van der Waals surface area contributed by atoms with Gasteiger partial charge in [-0.25, -0.2) is 0 Å². The lowest BCUT2D eigenvalue weighted by atomic mass is 10.1. The lowest BCUT2D eigenvalue weighted by Crippen LogP contribution is -2.48. The number of hydrogen-bond acceptors (Lipinski definition) is 3. The molecule has 4 nitrogen and oxygen atoms in total. The smallest absolute Gasteiger partial charge is 0.240 e. The Kier molecular flexibility index (Phi) is 5.30. The third-order valence-corrected chi connectivity index (χ3v) is 2.81. The zero-order valence-electron chi connectivity index (χ0n) is 9.82. The van der Waals surface area contributed by atoms with Crippen molar-refractivity contribution in [2.24, 2.45) is 5.73 Å². The molecular weight excluding hydrogens is 204 g/mol. The molecule has 1 saturated heterocycles. The van der Waals surface area contributed by atoms with E-state index >= 15 is 0 Å². The van der Waals surface area contributed by atoms with Gasteiger partial charge in [0.25, 0.3) is 0 Å². The summed E-state index contributed by atoms with van der Waals surface area (Å²) in [7, 11) is 0. The number of amides is 1. The van der Waals surface area contributed by atoms with Crippen LogP contribution in [0.25, 0.3) is 0 Å². The fourth-order valence-electron chi connectivity index (χ4n) is 1.93. The van der Waals surface area contributed by atoms with Crippen LogP contribution in [0.3, 0.4) is 0 Å². The fraction of sp³-hybridized carbons (Fsp3) is 0.750. The minimum atomic E-state index is -0.548. The number of rotatable bonds is 4. The predicted molar refractivity (Wildman–Crippen MR) is 62.7 cm³/mol. The van der Waals surface area contributed by atoms with Crippen molar-refractivity contribution in [3.05, 3.63) is 0 Å². The molecule has 1 aliphatic heterocycles. The van der Waals surface area contributed by atoms with E-state index in [4.69, 9.17) is 16.9 Å². The summed E-state index contributed by atoms with van der Waals surface area (Å²) in [5.41, 5.74) is 5.69. The molecule has 0 radical (unpaired) electrons. The van der Waals surface area contributed by atoms with E-state index in [1.165, 1.54) is 0 Å². The molecule has 0 bridgehead atoms. The summed E-state index contributed by atoms with van der Waals surface area (Å²) in [6.07, 6.45) is 7.52. The summed E-state index contributed by atoms with van der Waals surface area (Å²) >= 11 is 0. The maximum Gasteiger partial charge on any atom is 0.240 e. The number of carbonyl (C=O) groups is 1. The van der Waals surface area contributed by atoms with Crippen molar-refractivity contribution < 1.29 is 9.53 Å². The molecule has 90 valence electrons. The van der Waals surface area contributed by atoms with Gasteiger partial charge in [0, 0.05) is 26.1 Å². The molecule has 0 spiro atoms. The van der Waals surface area contributed by atoms with Crippen LogP contribution in [0.1, 0.15) is 26.2 Å². The van der Waals surface area contributed by atoms with Gasteiger partial charge < -0.3 is 15.4 Å². The van der Waals surface area contributed by atoms with E-state index in [-0.39, 0.29) is 12.0 Å². The maximum absolute atomic E-state index is 11.8. The monoisotopic (exact) mass is 224 g/mol. The van der Waals surface area contributed by atoms with Crippen molar-refractivity contribution in [2.75, 3.05) is 19.7 Å². The van der Waals surface area contributed by atoms with Gasteiger partial charge in [-0.15, -0.1) is 12.3 Å². The van der Waals surface area contributed by atoms with Crippen LogP contribution < -0.4 is 5.73 Å². The van der Waals surface area contributed by atoms with Crippen LogP contribution in [0.5, 0.6) is 0 Å². The van der Waals surface area contributed by atoms with Gasteiger partial charge in [-0.3, -0.25) is 4.79 Å². The second kappa shape index (κ2) is 6.51. The van der Waals surface area contributed by atoms with Gasteiger partial charge in [0.2, 0.25) is 5.91 Å². The van der Waals surface area contributed by atoms with Gasteiger partial charge in [0.05, 0.1) is 12.1 Å². The normalized spacial score (nSPS) is 19.2. The topological polar surface area (TPSA) is 55.6 Å². The van der Waals surface area contributed by atoms with Gasteiger partial charge in [-0.2, -0.15) is 0 Å². The van der Waals surface area contributed by atoms with E-state index in [2.05, 4.69) is 5.92 Å². The van der Waals surface area contributed by atoms with E-state index in [0.717, 1.165) is 32.5 Å². The third-order valence-electron chi connectivity index (χ3n) is 2.81. The van der Waals surface area contributed by atoms with Crippen LogP contribution >= 0.6 is 0 Å². The van der Waals surface area contributed by atoms with Crippen molar-refractivity contribution in [3.63, 3.8) is 0 Å². The number of hydrogen-bond donors (Lipinski definition) is 1. The molecule has 1 aliphatic rings. The second-order valence-electron chi connectivity index (χ2n) is 3.99. The largest absolute Gasteiger partial charge is 0.378 e. The van der Waals surface area contributed by atoms with Crippen molar-refractivity contribution in [3.8, 4) is 12.3 Å². The minimum Gasteiger partial charge on any atom is -0.378 e. The van der Waals surface area contributed by atoms with Crippen molar-refractivity contribution in [1.29, 1.82) is 0 Å². The standard InChI is InChI=1S/C12H20N2O2/c1-3-5-11(13)12(15)14-8-6-10(7-9-14)16-4-2/h1,10-11H,4-9,13H2,2H3. The highest BCUT2D eigenvalue weighted by molar-refractivity contribution is 5.82. The zero-order valence-corrected chi connectivity index (χ0v) is 9.82. The Morgan fingerprint density at radius 1 is 1.62 bits per heavy atom. The molecule has 1 amide bonds. The van der Waals surface area contributed by atoms with E-state index < -0.39 is 6.04 Å². The lowest BCUT2D eigenvalue weighted by molar-refractivity contribution is -0.135. The van der Waals surface area contributed by atoms with Crippen molar-refractivity contribution in [1.82, 2.24) is 4.90 Å². The Bertz CT molecular complexity index is 265. The number of ether oxygens (including phenoxy) is 1. The Morgan fingerprint density at radius 2 is 2.25 bits per heavy atom. The first-order chi connectivity index (χ1) is 7.69. The number of nitrogens with two attached hydrogens (primary N) is 1. The van der Waals surface area contributed by atoms with E-state index in [1.54, 1.807) is 4.90 Å². The summed E-state index contributed by atoms with van der Waals surface area (Å²) in [5.74, 6) is 2.38. The van der Waals surface area contributed by atoms with Gasteiger partial charge in [-0.1, -0.05) is 0 Å². The molecule has 1 unspecified atom stereocenters. The molecule has 0 aromatic rings. The van der Waals surface area contributed by atoms with Crippen molar-refractivity contribution >= 4 is 5.91 Å². The van der Waals surface area contributed by atoms with Crippen LogP contribution in [-0.2, 0) is 9.53 Å². The molecule has 2 N–H and O–H groups in total. The Labute approximate surface area is 97.1 Å². The Hall–Kier alpha value is -1.05. The molecule has 16 heavy (non-hydrogen) atoms. The molecule has 0 saturated carbocycles. The third kappa shape index (κ3) is 3.51. The lowest BCUT2D eigenvalue weighted by Gasteiger charge is -2.33. The van der Waals surface area contributed by atoms with E-state index in [9.17, 15) is 4.79 Å². The molecule has 4 heteroatoms. The number of terminal acetylenes is 1. The van der Waals surface area contributed by atoms with Crippen LogP contribution in [0.4, 0.5) is 0 Å². The van der Waals surface area contributed by atoms with Gasteiger partial charge in [0.1, 0.15) is 0 Å². The SMILES string of the molecule is C#CCC(N)C(=O)N1CCC(OCC)CC1. The summed E-state index contributed by atoms with van der Waals surface area (Å²) in [4.78, 5) is 13.6. The van der Waals surface area contributed by atoms with Gasteiger partial charge >= 0.3 is 0 Å². The summed E-state index contributed by atoms with van der Waals surface area (Å²) in [6.45, 7) is 4.17. The summed E-state index contributed by atoms with van der Waals surface area (Å²) < 4.78 is 5.52. The van der Waals surface area contributed by atoms with Crippen LogP contribution in [0, 0.1) is 12.3 Å². The van der Waals surface area contributed by atoms with Crippen molar-refractivity contribution in [2.45, 2.75) is 38.3 Å². The molecule has 1 atom stereocenters. The zero-order chi connectivity index (χ0) is 12.0. The molecular formula is C12H20N2O2. The van der Waals surface area contributed by atoms with Gasteiger partial charge in [0.15, 0.2) is 0 Å². The Morgan fingerprint density at radius 3 is 2.75 bits per heavy atom. The molecule has 1 fully saturated rings. The van der Waals surface area contributed by atoms with Gasteiger partial charge in [-0.05, 0) is 19.8 Å². The van der Waals surface area contributed by atoms with Crippen LogP contribution in [-0.4, -0.2) is 42.6 Å². The predicted octanol–water partition coefficient (Wildman–Crippen LogP) is 0.364. The first-order valence-electron chi connectivity index (χ1n) is 5.78. The fourth-order valence-corrected chi connectivity index (χ4v) is 1.93. The molecule has 0 aromatic heterocycles. The van der Waals surface area contributed by atoms with Crippen LogP contribution in [0.2, 0.25) is 0 Å². The minimum absolute atomic E-state index is 0.0344. The average Bonchev–Trinajstić information content (AvgIpc) is 2.30. The molecule has 0 aromatic carbocycles. The number of nitrogens with zero attached hydrogens (tertiary/aromatic N) is 1. The molecule has 1 heterocycles. The first-order valence-corrected chi connectivity index (χ1v) is 5.78. The highest BCUT2D eigenvalue weighted by atomic mass is 16.5. The number of carbonyl (C=O) groups excluding carboxylic acids is 1. The highest BCUT2D eigenvalue weighted by Crippen LogP contribution is 2.14. The first kappa shape index (κ1) is 13.0. The average molecular weight is 224 g/mol. The molecule has 1 rings (SSSR count). The van der Waals surface area contributed by atoms with E-state index in [0.29, 0.717) is 6.42 Å². The van der Waals surface area contributed by atoms with E-state index in [1.807, 2.05) is 6.92 Å². The summed E-state index contributed by atoms with van der Waals surface area (Å²) in [5, 5.41) is 0.